The molecule has 10 heteroatoms. The van der Waals surface area contributed by atoms with Gasteiger partial charge in [-0.05, 0) is 25.5 Å². The topological polar surface area (TPSA) is 110 Å². The van der Waals surface area contributed by atoms with E-state index >= 15 is 0 Å². The molecule has 1 saturated heterocycles. The molecule has 0 aromatic carbocycles. The second-order valence-electron chi connectivity index (χ2n) is 6.09. The van der Waals surface area contributed by atoms with E-state index in [4.69, 9.17) is 0 Å². The van der Waals surface area contributed by atoms with Gasteiger partial charge in [-0.1, -0.05) is 0 Å². The van der Waals surface area contributed by atoms with Crippen molar-refractivity contribution in [2.75, 3.05) is 24.2 Å². The lowest BCUT2D eigenvalue weighted by Crippen LogP contribution is -2.37. The number of nitrogens with one attached hydrogen (secondary N) is 1. The van der Waals surface area contributed by atoms with Crippen molar-refractivity contribution >= 4 is 21.7 Å². The molecular weight excluding hydrogens is 344 g/mol. The van der Waals surface area contributed by atoms with Crippen molar-refractivity contribution in [1.82, 2.24) is 24.9 Å². The van der Waals surface area contributed by atoms with Gasteiger partial charge in [-0.3, -0.25) is 10.00 Å². The van der Waals surface area contributed by atoms with Gasteiger partial charge in [0, 0.05) is 31.9 Å². The van der Waals surface area contributed by atoms with E-state index in [0.717, 1.165) is 5.56 Å². The van der Waals surface area contributed by atoms with Crippen molar-refractivity contribution in [3.05, 3.63) is 24.5 Å². The number of nitrogens with zero attached hydrogens (tertiary/aromatic N) is 5. The molecule has 1 N–H and O–H groups in total. The summed E-state index contributed by atoms with van der Waals surface area (Å²) >= 11 is 0. The molecule has 2 aromatic rings. The predicted octanol–water partition coefficient (Wildman–Crippen LogP) is 0.918. The van der Waals surface area contributed by atoms with Crippen LogP contribution in [0.4, 0.5) is 10.6 Å². The lowest BCUT2D eigenvalue weighted by Gasteiger charge is -2.19. The molecule has 3 heterocycles. The molecule has 1 aliphatic rings. The zero-order valence-corrected chi connectivity index (χ0v) is 14.9. The van der Waals surface area contributed by atoms with Gasteiger partial charge >= 0.3 is 6.03 Å². The highest BCUT2D eigenvalue weighted by Crippen LogP contribution is 2.17. The standard InChI is InChI=1S/C15H20N6O3S/c1-11-5-6-21(7-8-25(11,23)24)15(22)17-14-4-3-13(18-19-14)12-9-16-20(2)10-12/h3-4,9-11H,5-8H2,1-2H3,(H,17,19,22). The molecule has 0 saturated carbocycles. The summed E-state index contributed by atoms with van der Waals surface area (Å²) in [7, 11) is -1.32. The number of hydrogen-bond donors (Lipinski definition) is 1. The Hall–Kier alpha value is -2.49. The fourth-order valence-electron chi connectivity index (χ4n) is 2.57. The lowest BCUT2D eigenvalue weighted by molar-refractivity contribution is 0.215. The number of rotatable bonds is 2. The van der Waals surface area contributed by atoms with Crippen molar-refractivity contribution in [2.45, 2.75) is 18.6 Å². The average Bonchev–Trinajstić information content (AvgIpc) is 2.95. The van der Waals surface area contributed by atoms with Gasteiger partial charge in [0.2, 0.25) is 0 Å². The first kappa shape index (κ1) is 17.3. The molecule has 1 aliphatic heterocycles. The maximum atomic E-state index is 12.3. The van der Waals surface area contributed by atoms with Crippen LogP contribution in [0.1, 0.15) is 13.3 Å². The zero-order chi connectivity index (χ0) is 18.0. The Bertz CT molecular complexity index is 862. The van der Waals surface area contributed by atoms with E-state index in [2.05, 4.69) is 20.6 Å². The maximum Gasteiger partial charge on any atom is 0.323 e. The molecule has 3 rings (SSSR count). The molecule has 1 unspecified atom stereocenters. The predicted molar refractivity (Wildman–Crippen MR) is 92.7 cm³/mol. The van der Waals surface area contributed by atoms with Crippen molar-refractivity contribution in [2.24, 2.45) is 7.05 Å². The zero-order valence-electron chi connectivity index (χ0n) is 14.1. The number of urea groups is 1. The molecule has 2 amide bonds. The van der Waals surface area contributed by atoms with Crippen LogP contribution in [0.5, 0.6) is 0 Å². The van der Waals surface area contributed by atoms with Crippen LogP contribution in [0, 0.1) is 0 Å². The minimum absolute atomic E-state index is 0.0206. The molecule has 0 radical (unpaired) electrons. The summed E-state index contributed by atoms with van der Waals surface area (Å²) in [5.74, 6) is 0.297. The number of hydrogen-bond acceptors (Lipinski definition) is 6. The number of aromatic nitrogens is 4. The van der Waals surface area contributed by atoms with E-state index in [0.29, 0.717) is 24.5 Å². The molecular formula is C15H20N6O3S. The Kier molecular flexibility index (Phi) is 4.71. The van der Waals surface area contributed by atoms with Crippen LogP contribution < -0.4 is 5.32 Å². The molecule has 0 spiro atoms. The molecule has 2 aromatic heterocycles. The van der Waals surface area contributed by atoms with Crippen LogP contribution in [0.2, 0.25) is 0 Å². The smallest absolute Gasteiger partial charge is 0.323 e. The fourth-order valence-corrected chi connectivity index (χ4v) is 3.91. The molecule has 1 atom stereocenters. The highest BCUT2D eigenvalue weighted by molar-refractivity contribution is 7.92. The highest BCUT2D eigenvalue weighted by atomic mass is 32.2. The fraction of sp³-hybridized carbons (Fsp3) is 0.467. The van der Waals surface area contributed by atoms with Crippen molar-refractivity contribution in [3.63, 3.8) is 0 Å². The lowest BCUT2D eigenvalue weighted by atomic mass is 10.2. The molecule has 25 heavy (non-hydrogen) atoms. The SMILES string of the molecule is CC1CCN(C(=O)Nc2ccc(-c3cnn(C)c3)nn2)CCS1(=O)=O. The van der Waals surface area contributed by atoms with Crippen LogP contribution >= 0.6 is 0 Å². The minimum Gasteiger partial charge on any atom is -0.323 e. The van der Waals surface area contributed by atoms with Gasteiger partial charge in [-0.15, -0.1) is 10.2 Å². The first-order valence-corrected chi connectivity index (χ1v) is 9.67. The first-order valence-electron chi connectivity index (χ1n) is 7.95. The third kappa shape index (κ3) is 3.95. The number of carbonyl (C=O) groups excluding carboxylic acids is 1. The molecule has 0 bridgehead atoms. The molecule has 134 valence electrons. The molecule has 9 nitrogen and oxygen atoms in total. The van der Waals surface area contributed by atoms with Crippen molar-refractivity contribution in [3.8, 4) is 11.3 Å². The summed E-state index contributed by atoms with van der Waals surface area (Å²) in [6.07, 6.45) is 3.93. The second-order valence-corrected chi connectivity index (χ2v) is 8.63. The van der Waals surface area contributed by atoms with Crippen LogP contribution in [0.25, 0.3) is 11.3 Å². The number of aryl methyl sites for hydroxylation is 1. The molecule has 1 fully saturated rings. The average molecular weight is 364 g/mol. The number of sulfone groups is 1. The Morgan fingerprint density at radius 2 is 2.08 bits per heavy atom. The minimum atomic E-state index is -3.13. The van der Waals surface area contributed by atoms with Gasteiger partial charge in [-0.2, -0.15) is 5.10 Å². The van der Waals surface area contributed by atoms with Gasteiger partial charge in [0.1, 0.15) is 0 Å². The van der Waals surface area contributed by atoms with Gasteiger partial charge in [0.05, 0.1) is 22.9 Å². The van der Waals surface area contributed by atoms with E-state index in [1.165, 1.54) is 4.90 Å². The van der Waals surface area contributed by atoms with Crippen LogP contribution in [-0.4, -0.2) is 63.4 Å². The van der Waals surface area contributed by atoms with Gasteiger partial charge < -0.3 is 4.90 Å². The van der Waals surface area contributed by atoms with E-state index in [1.807, 2.05) is 13.2 Å². The third-order valence-corrected chi connectivity index (χ3v) is 6.47. The molecule has 0 aliphatic carbocycles. The largest absolute Gasteiger partial charge is 0.323 e. The Morgan fingerprint density at radius 1 is 1.28 bits per heavy atom. The van der Waals surface area contributed by atoms with Crippen LogP contribution in [-0.2, 0) is 16.9 Å². The normalized spacial score (nSPS) is 20.1. The second kappa shape index (κ2) is 6.79. The quantitative estimate of drug-likeness (QED) is 0.848. The van der Waals surface area contributed by atoms with Gasteiger partial charge in [0.15, 0.2) is 15.7 Å². The van der Waals surface area contributed by atoms with E-state index in [-0.39, 0.29) is 18.3 Å². The Morgan fingerprint density at radius 3 is 2.72 bits per heavy atom. The monoisotopic (exact) mass is 364 g/mol. The van der Waals surface area contributed by atoms with Gasteiger partial charge in [-0.25, -0.2) is 13.2 Å². The number of amides is 2. The van der Waals surface area contributed by atoms with Crippen molar-refractivity contribution < 1.29 is 13.2 Å². The Balaban J connectivity index is 1.65. The van der Waals surface area contributed by atoms with Crippen LogP contribution in [0.3, 0.4) is 0 Å². The third-order valence-electron chi connectivity index (χ3n) is 4.25. The summed E-state index contributed by atoms with van der Waals surface area (Å²) in [5.41, 5.74) is 1.49. The van der Waals surface area contributed by atoms with Crippen LogP contribution in [0.15, 0.2) is 24.5 Å². The number of anilines is 1. The Labute approximate surface area is 146 Å². The summed E-state index contributed by atoms with van der Waals surface area (Å²) in [6, 6.07) is 3.03. The highest BCUT2D eigenvalue weighted by Gasteiger charge is 2.28. The van der Waals surface area contributed by atoms with E-state index in [9.17, 15) is 13.2 Å². The first-order chi connectivity index (χ1) is 11.8. The summed E-state index contributed by atoms with van der Waals surface area (Å²) in [5, 5.41) is 14.4. The summed E-state index contributed by atoms with van der Waals surface area (Å²) < 4.78 is 25.5. The van der Waals surface area contributed by atoms with E-state index < -0.39 is 15.1 Å². The van der Waals surface area contributed by atoms with Gasteiger partial charge in [0.25, 0.3) is 0 Å². The maximum absolute atomic E-state index is 12.3. The summed E-state index contributed by atoms with van der Waals surface area (Å²) in [6.45, 7) is 2.26. The number of carbonyl (C=O) groups is 1. The van der Waals surface area contributed by atoms with Crippen molar-refractivity contribution in [1.29, 1.82) is 0 Å². The van der Waals surface area contributed by atoms with E-state index in [1.54, 1.807) is 29.9 Å². The summed E-state index contributed by atoms with van der Waals surface area (Å²) in [4.78, 5) is 13.8.